The van der Waals surface area contributed by atoms with Gasteiger partial charge in [-0.1, -0.05) is 6.07 Å². The first-order valence-corrected chi connectivity index (χ1v) is 11.5. The van der Waals surface area contributed by atoms with Crippen molar-refractivity contribution in [1.29, 1.82) is 0 Å². The largest absolute Gasteiger partial charge is 0.339 e. The van der Waals surface area contributed by atoms with Gasteiger partial charge in [-0.15, -0.1) is 11.8 Å². The molecular formula is C23H28N4O2S. The Morgan fingerprint density at radius 3 is 2.87 bits per heavy atom. The van der Waals surface area contributed by atoms with E-state index in [1.807, 2.05) is 48.5 Å². The van der Waals surface area contributed by atoms with E-state index in [-0.39, 0.29) is 17.9 Å². The number of hydrogen-bond acceptors (Lipinski definition) is 5. The lowest BCUT2D eigenvalue weighted by molar-refractivity contribution is -0.115. The normalized spacial score (nSPS) is 17.7. The zero-order valence-corrected chi connectivity index (χ0v) is 18.2. The van der Waals surface area contributed by atoms with Crippen LogP contribution in [0, 0.1) is 0 Å². The average molecular weight is 425 g/mol. The number of piperidine rings is 1. The standard InChI is InChI=1S/C23H28N4O2S/c1-26(19-8-13-27(14-9-19)12-7-18-4-2-3-11-24-18)23(29)17-5-6-21-20(16-17)25-22(28)10-15-30-21/h2-6,11,16,19H,7-10,12-15H2,1H3,(H,25,28). The van der Waals surface area contributed by atoms with Gasteiger partial charge >= 0.3 is 0 Å². The van der Waals surface area contributed by atoms with Crippen molar-refractivity contribution in [2.45, 2.75) is 36.6 Å². The fourth-order valence-electron chi connectivity index (χ4n) is 4.07. The summed E-state index contributed by atoms with van der Waals surface area (Å²) in [6.07, 6.45) is 5.25. The third-order valence-electron chi connectivity index (χ3n) is 5.92. The number of rotatable bonds is 5. The van der Waals surface area contributed by atoms with Crippen molar-refractivity contribution in [3.05, 3.63) is 53.9 Å². The summed E-state index contributed by atoms with van der Waals surface area (Å²) in [5.41, 5.74) is 2.52. The number of carbonyl (C=O) groups is 2. The first-order valence-electron chi connectivity index (χ1n) is 10.6. The monoisotopic (exact) mass is 424 g/mol. The van der Waals surface area contributed by atoms with Gasteiger partial charge in [-0.2, -0.15) is 0 Å². The second kappa shape index (κ2) is 9.62. The molecular weight excluding hydrogens is 396 g/mol. The molecule has 2 aromatic rings. The van der Waals surface area contributed by atoms with Crippen LogP contribution in [0.15, 0.2) is 47.5 Å². The van der Waals surface area contributed by atoms with Crippen LogP contribution in [0.1, 0.15) is 35.3 Å². The topological polar surface area (TPSA) is 65.5 Å². The first-order chi connectivity index (χ1) is 14.6. The average Bonchev–Trinajstić information content (AvgIpc) is 2.97. The summed E-state index contributed by atoms with van der Waals surface area (Å²) in [6.45, 7) is 2.99. The molecule has 2 aliphatic heterocycles. The van der Waals surface area contributed by atoms with Crippen LogP contribution in [-0.4, -0.2) is 65.1 Å². The molecule has 0 radical (unpaired) electrons. The summed E-state index contributed by atoms with van der Waals surface area (Å²) >= 11 is 1.66. The molecule has 158 valence electrons. The highest BCUT2D eigenvalue weighted by molar-refractivity contribution is 7.99. The molecule has 0 saturated carbocycles. The van der Waals surface area contributed by atoms with Gasteiger partial charge in [-0.3, -0.25) is 14.6 Å². The smallest absolute Gasteiger partial charge is 0.253 e. The summed E-state index contributed by atoms with van der Waals surface area (Å²) in [5.74, 6) is 0.802. The van der Waals surface area contributed by atoms with Crippen LogP contribution in [0.4, 0.5) is 5.69 Å². The zero-order valence-electron chi connectivity index (χ0n) is 17.3. The minimum Gasteiger partial charge on any atom is -0.339 e. The molecule has 1 aromatic heterocycles. The number of nitrogens with one attached hydrogen (secondary N) is 1. The van der Waals surface area contributed by atoms with Gasteiger partial charge in [0, 0.05) is 73.7 Å². The van der Waals surface area contributed by atoms with E-state index in [9.17, 15) is 9.59 Å². The summed E-state index contributed by atoms with van der Waals surface area (Å²) < 4.78 is 0. The summed E-state index contributed by atoms with van der Waals surface area (Å²) in [6, 6.07) is 11.9. The molecule has 2 aliphatic rings. The highest BCUT2D eigenvalue weighted by Crippen LogP contribution is 2.32. The molecule has 3 heterocycles. The van der Waals surface area contributed by atoms with Crippen LogP contribution < -0.4 is 5.32 Å². The Balaban J connectivity index is 1.32. The fraction of sp³-hybridized carbons (Fsp3) is 0.435. The summed E-state index contributed by atoms with van der Waals surface area (Å²) in [5, 5.41) is 2.93. The summed E-state index contributed by atoms with van der Waals surface area (Å²) in [4.78, 5) is 34.7. The van der Waals surface area contributed by atoms with E-state index in [0.717, 1.165) is 60.9 Å². The maximum Gasteiger partial charge on any atom is 0.253 e. The van der Waals surface area contributed by atoms with Gasteiger partial charge in [0.2, 0.25) is 5.91 Å². The molecule has 1 saturated heterocycles. The molecule has 0 spiro atoms. The molecule has 1 N–H and O–H groups in total. The molecule has 0 atom stereocenters. The maximum absolute atomic E-state index is 13.1. The second-order valence-corrected chi connectivity index (χ2v) is 9.05. The predicted molar refractivity (Wildman–Crippen MR) is 120 cm³/mol. The zero-order chi connectivity index (χ0) is 20.9. The lowest BCUT2D eigenvalue weighted by Gasteiger charge is -2.36. The third-order valence-corrected chi connectivity index (χ3v) is 7.00. The van der Waals surface area contributed by atoms with Crippen LogP contribution in [0.25, 0.3) is 0 Å². The minimum absolute atomic E-state index is 0.0114. The summed E-state index contributed by atoms with van der Waals surface area (Å²) in [7, 11) is 1.90. The third kappa shape index (κ3) is 5.02. The number of nitrogens with zero attached hydrogens (tertiary/aromatic N) is 3. The molecule has 1 aromatic carbocycles. The number of fused-ring (bicyclic) bond motifs is 1. The van der Waals surface area contributed by atoms with E-state index >= 15 is 0 Å². The van der Waals surface area contributed by atoms with Crippen molar-refractivity contribution in [2.75, 3.05) is 37.8 Å². The first kappa shape index (κ1) is 20.9. The van der Waals surface area contributed by atoms with Gasteiger partial charge in [0.25, 0.3) is 5.91 Å². The van der Waals surface area contributed by atoms with Crippen LogP contribution in [-0.2, 0) is 11.2 Å². The van der Waals surface area contributed by atoms with Gasteiger partial charge in [0.1, 0.15) is 0 Å². The van der Waals surface area contributed by atoms with E-state index in [4.69, 9.17) is 0 Å². The molecule has 4 rings (SSSR count). The van der Waals surface area contributed by atoms with E-state index in [2.05, 4.69) is 21.3 Å². The van der Waals surface area contributed by atoms with Crippen LogP contribution in [0.5, 0.6) is 0 Å². The lowest BCUT2D eigenvalue weighted by Crippen LogP contribution is -2.46. The molecule has 0 unspecified atom stereocenters. The molecule has 30 heavy (non-hydrogen) atoms. The molecule has 0 bridgehead atoms. The minimum atomic E-state index is 0.0114. The van der Waals surface area contributed by atoms with Crippen molar-refractivity contribution >= 4 is 29.3 Å². The van der Waals surface area contributed by atoms with Crippen molar-refractivity contribution in [2.24, 2.45) is 0 Å². The van der Waals surface area contributed by atoms with Gasteiger partial charge in [-0.05, 0) is 43.2 Å². The highest BCUT2D eigenvalue weighted by atomic mass is 32.2. The van der Waals surface area contributed by atoms with Crippen molar-refractivity contribution in [3.8, 4) is 0 Å². The number of pyridine rings is 1. The Labute approximate surface area is 182 Å². The van der Waals surface area contributed by atoms with Crippen molar-refractivity contribution in [1.82, 2.24) is 14.8 Å². The molecule has 1 fully saturated rings. The maximum atomic E-state index is 13.1. The lowest BCUT2D eigenvalue weighted by atomic mass is 10.0. The number of anilines is 1. The Kier molecular flexibility index (Phi) is 6.69. The van der Waals surface area contributed by atoms with E-state index in [0.29, 0.717) is 12.0 Å². The van der Waals surface area contributed by atoms with Gasteiger partial charge in [-0.25, -0.2) is 0 Å². The fourth-order valence-corrected chi connectivity index (χ4v) is 5.01. The molecule has 7 heteroatoms. The highest BCUT2D eigenvalue weighted by Gasteiger charge is 2.26. The molecule has 0 aliphatic carbocycles. The van der Waals surface area contributed by atoms with Gasteiger partial charge in [0.15, 0.2) is 0 Å². The number of likely N-dealkylation sites (tertiary alicyclic amines) is 1. The molecule has 2 amide bonds. The van der Waals surface area contributed by atoms with Crippen molar-refractivity contribution in [3.63, 3.8) is 0 Å². The Morgan fingerprint density at radius 1 is 1.27 bits per heavy atom. The van der Waals surface area contributed by atoms with Crippen LogP contribution >= 0.6 is 11.8 Å². The Morgan fingerprint density at radius 2 is 2.10 bits per heavy atom. The van der Waals surface area contributed by atoms with Gasteiger partial charge < -0.3 is 15.1 Å². The van der Waals surface area contributed by atoms with Gasteiger partial charge in [0.05, 0.1) is 5.69 Å². The van der Waals surface area contributed by atoms with E-state index in [1.54, 1.807) is 11.8 Å². The second-order valence-electron chi connectivity index (χ2n) is 7.92. The van der Waals surface area contributed by atoms with E-state index in [1.165, 1.54) is 0 Å². The number of benzene rings is 1. The Hall–Kier alpha value is -2.38. The predicted octanol–water partition coefficient (Wildman–Crippen LogP) is 3.30. The number of amides is 2. The van der Waals surface area contributed by atoms with E-state index < -0.39 is 0 Å². The van der Waals surface area contributed by atoms with Crippen LogP contribution in [0.2, 0.25) is 0 Å². The number of aromatic nitrogens is 1. The Bertz CT molecular complexity index is 897. The number of thioether (sulfide) groups is 1. The van der Waals surface area contributed by atoms with Crippen LogP contribution in [0.3, 0.4) is 0 Å². The quantitative estimate of drug-likeness (QED) is 0.798. The number of hydrogen-bond donors (Lipinski definition) is 1. The van der Waals surface area contributed by atoms with Crippen molar-refractivity contribution < 1.29 is 9.59 Å². The number of carbonyl (C=O) groups excluding carboxylic acids is 2. The molecule has 6 nitrogen and oxygen atoms in total. The SMILES string of the molecule is CN(C(=O)c1ccc2c(c1)NC(=O)CCS2)C1CCN(CCc2ccccn2)CC1.